The molecule has 28 heavy (non-hydrogen) atoms. The predicted molar refractivity (Wildman–Crippen MR) is 109 cm³/mol. The molecule has 0 aromatic heterocycles. The molecular weight excluding hydrogens is 354 g/mol. The molecule has 0 radical (unpaired) electrons. The van der Waals surface area contributed by atoms with Crippen molar-refractivity contribution in [2.24, 2.45) is 17.8 Å². The molecule has 1 saturated carbocycles. The van der Waals surface area contributed by atoms with E-state index < -0.39 is 5.97 Å². The van der Waals surface area contributed by atoms with Crippen molar-refractivity contribution < 1.29 is 19.4 Å². The molecule has 5 heteroatoms. The molecule has 3 rings (SSSR count). The van der Waals surface area contributed by atoms with Crippen molar-refractivity contribution >= 4 is 11.8 Å². The van der Waals surface area contributed by atoms with Crippen LogP contribution in [0, 0.1) is 17.8 Å². The van der Waals surface area contributed by atoms with Crippen molar-refractivity contribution in [3.8, 4) is 0 Å². The van der Waals surface area contributed by atoms with Gasteiger partial charge in [-0.05, 0) is 63.1 Å². The molecule has 0 aromatic carbocycles. The summed E-state index contributed by atoms with van der Waals surface area (Å²) >= 11 is 0. The Kier molecular flexibility index (Phi) is 8.13. The molecule has 0 amide bonds. The van der Waals surface area contributed by atoms with Crippen LogP contribution in [-0.4, -0.2) is 35.6 Å². The highest BCUT2D eigenvalue weighted by atomic mass is 16.5. The van der Waals surface area contributed by atoms with Crippen LogP contribution >= 0.6 is 0 Å². The second-order valence-electron chi connectivity index (χ2n) is 8.59. The van der Waals surface area contributed by atoms with E-state index in [1.54, 1.807) is 6.08 Å². The first kappa shape index (κ1) is 21.1. The lowest BCUT2D eigenvalue weighted by atomic mass is 9.77. The molecule has 5 nitrogen and oxygen atoms in total. The van der Waals surface area contributed by atoms with Crippen molar-refractivity contribution in [2.75, 3.05) is 6.54 Å². The molecule has 2 N–H and O–H groups in total. The van der Waals surface area contributed by atoms with Crippen LogP contribution in [0.4, 0.5) is 0 Å². The molecule has 0 spiro atoms. The molecule has 156 valence electrons. The summed E-state index contributed by atoms with van der Waals surface area (Å²) in [6.45, 7) is 0.854. The number of carbonyl (C=O) groups is 2. The largest absolute Gasteiger partial charge is 0.481 e. The average molecular weight is 390 g/mol. The third-order valence-electron chi connectivity index (χ3n) is 6.65. The van der Waals surface area contributed by atoms with Crippen LogP contribution in [0.5, 0.6) is 0 Å². The van der Waals surface area contributed by atoms with E-state index in [9.17, 15) is 9.59 Å². The van der Waals surface area contributed by atoms with Gasteiger partial charge in [-0.2, -0.15) is 0 Å². The molecular formula is C23H35NO4. The molecule has 0 unspecified atom stereocenters. The number of carboxylic acids is 1. The average Bonchev–Trinajstić information content (AvgIpc) is 3.30. The standard InChI is InChI=1S/C23H35NO4/c25-20(17-8-4-3-5-9-17)14-15-24-16-19-18(21-12-13-22(19)28-21)10-6-1-2-7-11-23(26)27/h1,6,14-15,17-19,21-22,24H,2-5,7-13,16H2,(H,26,27)/b6-1-,15-14?/t18-,19-,21-,22+/m1/s1. The Bertz CT molecular complexity index is 579. The number of hydrogen-bond acceptors (Lipinski definition) is 4. The summed E-state index contributed by atoms with van der Waals surface area (Å²) in [5.74, 6) is 0.784. The fourth-order valence-corrected chi connectivity index (χ4v) is 5.09. The van der Waals surface area contributed by atoms with Crippen LogP contribution in [-0.2, 0) is 14.3 Å². The van der Waals surface area contributed by atoms with Crippen molar-refractivity contribution in [2.45, 2.75) is 82.8 Å². The summed E-state index contributed by atoms with van der Waals surface area (Å²) < 4.78 is 6.14. The topological polar surface area (TPSA) is 75.6 Å². The van der Waals surface area contributed by atoms with Crippen molar-refractivity contribution in [3.63, 3.8) is 0 Å². The third-order valence-corrected chi connectivity index (χ3v) is 6.65. The lowest BCUT2D eigenvalue weighted by Gasteiger charge is -2.27. The maximum absolute atomic E-state index is 12.3. The minimum atomic E-state index is -0.726. The second-order valence-corrected chi connectivity index (χ2v) is 8.59. The van der Waals surface area contributed by atoms with E-state index in [-0.39, 0.29) is 18.1 Å². The van der Waals surface area contributed by atoms with Gasteiger partial charge in [0.05, 0.1) is 12.2 Å². The molecule has 2 bridgehead atoms. The van der Waals surface area contributed by atoms with E-state index in [0.717, 1.165) is 45.1 Å². The number of fused-ring (bicyclic) bond motifs is 2. The zero-order valence-electron chi connectivity index (χ0n) is 16.9. The van der Waals surface area contributed by atoms with Crippen LogP contribution in [0.3, 0.4) is 0 Å². The maximum atomic E-state index is 12.3. The lowest BCUT2D eigenvalue weighted by Crippen LogP contribution is -2.34. The summed E-state index contributed by atoms with van der Waals surface area (Å²) in [7, 11) is 0. The first-order chi connectivity index (χ1) is 13.6. The minimum absolute atomic E-state index is 0.233. The highest BCUT2D eigenvalue weighted by molar-refractivity contribution is 5.91. The Balaban J connectivity index is 1.40. The van der Waals surface area contributed by atoms with Crippen LogP contribution in [0.2, 0.25) is 0 Å². The molecule has 0 aromatic rings. The van der Waals surface area contributed by atoms with Gasteiger partial charge in [-0.15, -0.1) is 0 Å². The van der Waals surface area contributed by atoms with Gasteiger partial charge in [0.25, 0.3) is 0 Å². The first-order valence-electron chi connectivity index (χ1n) is 11.1. The minimum Gasteiger partial charge on any atom is -0.481 e. The molecule has 3 fully saturated rings. The van der Waals surface area contributed by atoms with Crippen LogP contribution in [0.15, 0.2) is 24.4 Å². The summed E-state index contributed by atoms with van der Waals surface area (Å²) in [5.41, 5.74) is 0. The Labute approximate surface area is 168 Å². The fraction of sp³-hybridized carbons (Fsp3) is 0.739. The zero-order chi connectivity index (χ0) is 19.8. The first-order valence-corrected chi connectivity index (χ1v) is 11.1. The number of allylic oxidation sites excluding steroid dienone is 3. The van der Waals surface area contributed by atoms with Gasteiger partial charge in [0.15, 0.2) is 5.78 Å². The van der Waals surface area contributed by atoms with Crippen LogP contribution in [0.1, 0.15) is 70.6 Å². The molecule has 2 heterocycles. The summed E-state index contributed by atoms with van der Waals surface area (Å²) in [4.78, 5) is 22.8. The number of unbranched alkanes of at least 4 members (excludes halogenated alkanes) is 1. The van der Waals surface area contributed by atoms with Gasteiger partial charge >= 0.3 is 5.97 Å². The Morgan fingerprint density at radius 3 is 2.50 bits per heavy atom. The van der Waals surface area contributed by atoms with Crippen LogP contribution < -0.4 is 5.32 Å². The van der Waals surface area contributed by atoms with Gasteiger partial charge in [-0.1, -0.05) is 31.4 Å². The van der Waals surface area contributed by atoms with Gasteiger partial charge in [0, 0.05) is 24.8 Å². The number of rotatable bonds is 11. The van der Waals surface area contributed by atoms with Gasteiger partial charge in [-0.3, -0.25) is 9.59 Å². The molecule has 4 atom stereocenters. The van der Waals surface area contributed by atoms with E-state index in [1.165, 1.54) is 19.3 Å². The van der Waals surface area contributed by atoms with Crippen LogP contribution in [0.25, 0.3) is 0 Å². The Morgan fingerprint density at radius 2 is 1.75 bits per heavy atom. The normalized spacial score (nSPS) is 30.4. The summed E-state index contributed by atoms with van der Waals surface area (Å²) in [6, 6.07) is 0. The van der Waals surface area contributed by atoms with E-state index in [2.05, 4.69) is 17.5 Å². The second kappa shape index (κ2) is 10.8. The van der Waals surface area contributed by atoms with Crippen molar-refractivity contribution in [3.05, 3.63) is 24.4 Å². The number of ketones is 1. The van der Waals surface area contributed by atoms with Gasteiger partial charge in [0.2, 0.25) is 0 Å². The van der Waals surface area contributed by atoms with Gasteiger partial charge in [-0.25, -0.2) is 0 Å². The smallest absolute Gasteiger partial charge is 0.303 e. The zero-order valence-corrected chi connectivity index (χ0v) is 16.9. The number of hydrogen-bond donors (Lipinski definition) is 2. The van der Waals surface area contributed by atoms with Gasteiger partial charge < -0.3 is 15.2 Å². The van der Waals surface area contributed by atoms with Crippen molar-refractivity contribution in [1.82, 2.24) is 5.32 Å². The Morgan fingerprint density at radius 1 is 1.00 bits per heavy atom. The van der Waals surface area contributed by atoms with E-state index in [4.69, 9.17) is 9.84 Å². The van der Waals surface area contributed by atoms with E-state index in [1.807, 2.05) is 6.20 Å². The number of aliphatic carboxylic acids is 1. The number of ether oxygens (including phenoxy) is 1. The number of nitrogens with one attached hydrogen (secondary N) is 1. The van der Waals surface area contributed by atoms with Crippen molar-refractivity contribution in [1.29, 1.82) is 0 Å². The molecule has 2 aliphatic heterocycles. The quantitative estimate of drug-likeness (QED) is 0.314. The fourth-order valence-electron chi connectivity index (χ4n) is 5.09. The number of carboxylic acid groups (broad SMARTS) is 1. The molecule has 1 aliphatic carbocycles. The highest BCUT2D eigenvalue weighted by Gasteiger charge is 2.47. The highest BCUT2D eigenvalue weighted by Crippen LogP contribution is 2.44. The molecule has 2 saturated heterocycles. The predicted octanol–water partition coefficient (Wildman–Crippen LogP) is 4.23. The summed E-state index contributed by atoms with van der Waals surface area (Å²) in [5, 5.41) is 12.1. The SMILES string of the molecule is O=C(O)CCC/C=C\C[C@@H]1[C@@H](CNC=CC(=O)C2CCCCC2)[C@@H]2CC[C@H]1O2. The van der Waals surface area contributed by atoms with E-state index >= 15 is 0 Å². The summed E-state index contributed by atoms with van der Waals surface area (Å²) in [6.07, 6.45) is 19.4. The number of carbonyl (C=O) groups excluding carboxylic acids is 1. The maximum Gasteiger partial charge on any atom is 0.303 e. The molecule has 3 aliphatic rings. The monoisotopic (exact) mass is 389 g/mol. The third kappa shape index (κ3) is 5.94. The van der Waals surface area contributed by atoms with E-state index in [0.29, 0.717) is 30.5 Å². The lowest BCUT2D eigenvalue weighted by molar-refractivity contribution is -0.137. The Hall–Kier alpha value is -1.62. The van der Waals surface area contributed by atoms with Gasteiger partial charge in [0.1, 0.15) is 0 Å².